The van der Waals surface area contributed by atoms with Crippen LogP contribution in [0.3, 0.4) is 0 Å². The molecule has 0 unspecified atom stereocenters. The van der Waals surface area contributed by atoms with Crippen molar-refractivity contribution in [1.29, 1.82) is 0 Å². The van der Waals surface area contributed by atoms with E-state index >= 15 is 0 Å². The Labute approximate surface area is 105 Å². The molecule has 1 aromatic carbocycles. The highest BCUT2D eigenvalue weighted by atomic mass is 79.9. The Bertz CT molecular complexity index is 553. The van der Waals surface area contributed by atoms with Crippen LogP contribution in [0, 0.1) is 0 Å². The summed E-state index contributed by atoms with van der Waals surface area (Å²) >= 11 is 9.09. The number of primary amides is 1. The third-order valence-electron chi connectivity index (χ3n) is 2.02. The van der Waals surface area contributed by atoms with Crippen LogP contribution in [-0.4, -0.2) is 15.7 Å². The first-order valence-electron chi connectivity index (χ1n) is 4.38. The molecule has 0 bridgehead atoms. The van der Waals surface area contributed by atoms with Crippen molar-refractivity contribution in [3.8, 4) is 5.69 Å². The third kappa shape index (κ3) is 2.10. The van der Waals surface area contributed by atoms with E-state index in [9.17, 15) is 4.79 Å². The van der Waals surface area contributed by atoms with E-state index < -0.39 is 5.91 Å². The van der Waals surface area contributed by atoms with E-state index in [1.165, 1.54) is 6.07 Å². The summed E-state index contributed by atoms with van der Waals surface area (Å²) in [5.41, 5.74) is 6.21. The van der Waals surface area contributed by atoms with E-state index in [2.05, 4.69) is 21.0 Å². The summed E-state index contributed by atoms with van der Waals surface area (Å²) in [6, 6.07) is 4.90. The largest absolute Gasteiger partial charge is 0.366 e. The predicted octanol–water partition coefficient (Wildman–Crippen LogP) is 2.39. The van der Waals surface area contributed by atoms with E-state index in [1.807, 2.05) is 0 Å². The molecule has 0 aliphatic rings. The van der Waals surface area contributed by atoms with E-state index in [0.717, 1.165) is 4.47 Å². The number of nitrogens with zero attached hydrogens (tertiary/aromatic N) is 2. The minimum atomic E-state index is -0.538. The minimum absolute atomic E-state index is 0.336. The first kappa shape index (κ1) is 11.2. The molecule has 1 aromatic heterocycles. The minimum Gasteiger partial charge on any atom is -0.366 e. The molecule has 82 valence electrons. The van der Waals surface area contributed by atoms with Crippen LogP contribution in [0.2, 0.25) is 5.02 Å². The third-order valence-corrected chi connectivity index (χ3v) is 2.67. The number of aromatic nitrogens is 2. The molecule has 4 nitrogen and oxygen atoms in total. The monoisotopic (exact) mass is 299 g/mol. The second-order valence-electron chi connectivity index (χ2n) is 3.13. The summed E-state index contributed by atoms with van der Waals surface area (Å²) in [6.07, 6.45) is 3.36. The fraction of sp³-hybridized carbons (Fsp3) is 0. The maximum absolute atomic E-state index is 11.3. The van der Waals surface area contributed by atoms with Crippen LogP contribution in [0.5, 0.6) is 0 Å². The molecule has 1 amide bonds. The van der Waals surface area contributed by atoms with Crippen molar-refractivity contribution >= 4 is 33.4 Å². The first-order chi connectivity index (χ1) is 7.58. The van der Waals surface area contributed by atoms with Crippen molar-refractivity contribution in [2.75, 3.05) is 0 Å². The van der Waals surface area contributed by atoms with Gasteiger partial charge in [0.25, 0.3) is 5.91 Å². The Morgan fingerprint density at radius 3 is 2.81 bits per heavy atom. The summed E-state index contributed by atoms with van der Waals surface area (Å²) in [5.74, 6) is -0.538. The van der Waals surface area contributed by atoms with Gasteiger partial charge in [-0.25, -0.2) is 4.68 Å². The van der Waals surface area contributed by atoms with Crippen molar-refractivity contribution in [1.82, 2.24) is 9.78 Å². The summed E-state index contributed by atoms with van der Waals surface area (Å²) in [4.78, 5) is 11.3. The topological polar surface area (TPSA) is 60.9 Å². The molecule has 0 atom stereocenters. The van der Waals surface area contributed by atoms with Gasteiger partial charge in [-0.2, -0.15) is 5.10 Å². The number of carbonyl (C=O) groups is 1. The van der Waals surface area contributed by atoms with Gasteiger partial charge in [0.2, 0.25) is 0 Å². The summed E-state index contributed by atoms with van der Waals surface area (Å²) in [6.45, 7) is 0. The first-order valence-corrected chi connectivity index (χ1v) is 5.55. The van der Waals surface area contributed by atoms with Gasteiger partial charge < -0.3 is 5.73 Å². The van der Waals surface area contributed by atoms with E-state index in [1.54, 1.807) is 29.2 Å². The molecule has 0 saturated heterocycles. The van der Waals surface area contributed by atoms with Crippen LogP contribution in [0.25, 0.3) is 5.69 Å². The molecule has 0 aliphatic heterocycles. The Kier molecular flexibility index (Phi) is 2.98. The van der Waals surface area contributed by atoms with Crippen molar-refractivity contribution in [2.45, 2.75) is 0 Å². The van der Waals surface area contributed by atoms with Crippen LogP contribution >= 0.6 is 27.5 Å². The molecule has 0 fully saturated rings. The molecule has 2 N–H and O–H groups in total. The van der Waals surface area contributed by atoms with Crippen molar-refractivity contribution in [3.05, 3.63) is 45.7 Å². The molecular weight excluding hydrogens is 293 g/mol. The van der Waals surface area contributed by atoms with Gasteiger partial charge in [-0.1, -0.05) is 11.6 Å². The smallest absolute Gasteiger partial charge is 0.250 e. The average Bonchev–Trinajstić information content (AvgIpc) is 2.64. The molecule has 2 rings (SSSR count). The van der Waals surface area contributed by atoms with Crippen LogP contribution in [0.15, 0.2) is 35.1 Å². The normalized spacial score (nSPS) is 10.4. The number of halogens is 2. The fourth-order valence-electron chi connectivity index (χ4n) is 1.34. The lowest BCUT2D eigenvalue weighted by atomic mass is 10.1. The summed E-state index contributed by atoms with van der Waals surface area (Å²) in [7, 11) is 0. The lowest BCUT2D eigenvalue weighted by Crippen LogP contribution is -2.14. The molecule has 0 aliphatic carbocycles. The number of rotatable bonds is 2. The molecule has 0 spiro atoms. The highest BCUT2D eigenvalue weighted by Crippen LogP contribution is 2.20. The second-order valence-corrected chi connectivity index (χ2v) is 4.48. The van der Waals surface area contributed by atoms with Crippen LogP contribution in [0.1, 0.15) is 10.4 Å². The number of nitrogens with two attached hydrogens (primary N) is 1. The lowest BCUT2D eigenvalue weighted by Gasteiger charge is -2.06. The van der Waals surface area contributed by atoms with Gasteiger partial charge in [0, 0.05) is 11.2 Å². The molecule has 0 radical (unpaired) electrons. The zero-order chi connectivity index (χ0) is 11.7. The summed E-state index contributed by atoms with van der Waals surface area (Å²) in [5, 5.41) is 4.54. The van der Waals surface area contributed by atoms with Gasteiger partial charge >= 0.3 is 0 Å². The quantitative estimate of drug-likeness (QED) is 0.925. The number of carbonyl (C=O) groups excluding carboxylic acids is 1. The number of hydrogen-bond acceptors (Lipinski definition) is 2. The number of hydrogen-bond donors (Lipinski definition) is 1. The van der Waals surface area contributed by atoms with Crippen molar-refractivity contribution in [3.63, 3.8) is 0 Å². The van der Waals surface area contributed by atoms with E-state index in [0.29, 0.717) is 16.3 Å². The van der Waals surface area contributed by atoms with Gasteiger partial charge in [-0.05, 0) is 34.1 Å². The van der Waals surface area contributed by atoms with Gasteiger partial charge in [0.15, 0.2) is 0 Å². The Morgan fingerprint density at radius 1 is 1.50 bits per heavy atom. The van der Waals surface area contributed by atoms with Gasteiger partial charge in [0.05, 0.1) is 21.9 Å². The van der Waals surface area contributed by atoms with Gasteiger partial charge in [-0.3, -0.25) is 4.79 Å². The van der Waals surface area contributed by atoms with E-state index in [4.69, 9.17) is 17.3 Å². The van der Waals surface area contributed by atoms with Crippen molar-refractivity contribution in [2.24, 2.45) is 5.73 Å². The number of benzene rings is 1. The molecular formula is C10H7BrClN3O. The highest BCUT2D eigenvalue weighted by molar-refractivity contribution is 9.10. The van der Waals surface area contributed by atoms with Gasteiger partial charge in [-0.15, -0.1) is 0 Å². The molecule has 1 heterocycles. The van der Waals surface area contributed by atoms with Crippen LogP contribution in [-0.2, 0) is 0 Å². The highest BCUT2D eigenvalue weighted by Gasteiger charge is 2.11. The van der Waals surface area contributed by atoms with Gasteiger partial charge in [0.1, 0.15) is 0 Å². The number of amides is 1. The molecule has 2 aromatic rings. The molecule has 6 heteroatoms. The Hall–Kier alpha value is -1.33. The Morgan fingerprint density at radius 2 is 2.25 bits per heavy atom. The maximum Gasteiger partial charge on any atom is 0.250 e. The zero-order valence-corrected chi connectivity index (χ0v) is 10.4. The Balaban J connectivity index is 2.60. The zero-order valence-electron chi connectivity index (χ0n) is 8.02. The molecule has 16 heavy (non-hydrogen) atoms. The SMILES string of the molecule is NC(=O)c1cc(Cl)ccc1-n1cc(Br)cn1. The van der Waals surface area contributed by atoms with E-state index in [-0.39, 0.29) is 0 Å². The molecule has 0 saturated carbocycles. The standard InChI is InChI=1S/C10H7BrClN3O/c11-6-4-14-15(5-6)9-2-1-7(12)3-8(9)10(13)16/h1-5H,(H2,13,16). The predicted molar refractivity (Wildman–Crippen MR) is 64.8 cm³/mol. The van der Waals surface area contributed by atoms with Crippen molar-refractivity contribution < 1.29 is 4.79 Å². The maximum atomic E-state index is 11.3. The average molecular weight is 301 g/mol. The lowest BCUT2D eigenvalue weighted by molar-refractivity contribution is 0.1000. The summed E-state index contributed by atoms with van der Waals surface area (Å²) < 4.78 is 2.37. The fourth-order valence-corrected chi connectivity index (χ4v) is 1.80. The van der Waals surface area contributed by atoms with Crippen LogP contribution < -0.4 is 5.73 Å². The van der Waals surface area contributed by atoms with Crippen LogP contribution in [0.4, 0.5) is 0 Å². The second kappa shape index (κ2) is 4.27.